The summed E-state index contributed by atoms with van der Waals surface area (Å²) < 4.78 is 37.1. The van der Waals surface area contributed by atoms with Gasteiger partial charge in [-0.15, -0.1) is 0 Å². The molecule has 0 saturated carbocycles. The predicted molar refractivity (Wildman–Crippen MR) is 76.5 cm³/mol. The Morgan fingerprint density at radius 2 is 1.90 bits per heavy atom. The van der Waals surface area contributed by atoms with Gasteiger partial charge in [0.2, 0.25) is 5.82 Å². The minimum absolute atomic E-state index is 0.0141. The van der Waals surface area contributed by atoms with Gasteiger partial charge in [0.15, 0.2) is 11.6 Å². The van der Waals surface area contributed by atoms with Crippen molar-refractivity contribution in [3.63, 3.8) is 0 Å². The Hall–Kier alpha value is -2.14. The van der Waals surface area contributed by atoms with E-state index in [9.17, 15) is 8.78 Å². The fourth-order valence-electron chi connectivity index (χ4n) is 2.01. The van der Waals surface area contributed by atoms with Crippen molar-refractivity contribution in [2.24, 2.45) is 5.73 Å². The predicted octanol–water partition coefficient (Wildman–Crippen LogP) is 3.36. The molecule has 0 heterocycles. The molecule has 0 aliphatic heterocycles. The van der Waals surface area contributed by atoms with Crippen LogP contribution in [0.15, 0.2) is 36.4 Å². The Morgan fingerprint density at radius 1 is 1.14 bits per heavy atom. The molecule has 112 valence electrons. The zero-order valence-corrected chi connectivity index (χ0v) is 11.9. The van der Waals surface area contributed by atoms with Gasteiger partial charge < -0.3 is 15.2 Å². The molecule has 0 bridgehead atoms. The number of hydrogen-bond acceptors (Lipinski definition) is 3. The largest absolute Gasteiger partial charge is 0.496 e. The Morgan fingerprint density at radius 3 is 2.62 bits per heavy atom. The van der Waals surface area contributed by atoms with Crippen LogP contribution in [0.2, 0.25) is 0 Å². The highest BCUT2D eigenvalue weighted by Crippen LogP contribution is 2.26. The molecule has 21 heavy (non-hydrogen) atoms. The van der Waals surface area contributed by atoms with Crippen molar-refractivity contribution in [1.82, 2.24) is 0 Å². The van der Waals surface area contributed by atoms with Crippen molar-refractivity contribution < 1.29 is 18.3 Å². The van der Waals surface area contributed by atoms with E-state index >= 15 is 0 Å². The number of aryl methyl sites for hydroxylation is 1. The summed E-state index contributed by atoms with van der Waals surface area (Å²) in [6.07, 6.45) is 0. The third-order valence-electron chi connectivity index (χ3n) is 3.12. The topological polar surface area (TPSA) is 44.5 Å². The van der Waals surface area contributed by atoms with Crippen molar-refractivity contribution in [3.05, 3.63) is 59.2 Å². The lowest BCUT2D eigenvalue weighted by atomic mass is 10.0. The lowest BCUT2D eigenvalue weighted by Crippen LogP contribution is -2.20. The summed E-state index contributed by atoms with van der Waals surface area (Å²) in [6.45, 7) is 1.95. The molecular formula is C16H17F2NO2. The molecule has 0 spiro atoms. The van der Waals surface area contributed by atoms with Gasteiger partial charge in [0.25, 0.3) is 0 Å². The standard InChI is InChI=1S/C16H17F2NO2/c1-10-6-7-14(20-2)11(8-10)13(19)9-21-15-5-3-4-12(17)16(15)18/h3-8,13H,9,19H2,1-2H3. The van der Waals surface area contributed by atoms with E-state index in [-0.39, 0.29) is 12.4 Å². The quantitative estimate of drug-likeness (QED) is 0.919. The highest BCUT2D eigenvalue weighted by molar-refractivity contribution is 5.39. The maximum Gasteiger partial charge on any atom is 0.200 e. The Kier molecular flexibility index (Phi) is 4.75. The van der Waals surface area contributed by atoms with Crippen LogP contribution >= 0.6 is 0 Å². The normalized spacial score (nSPS) is 12.0. The molecule has 2 rings (SSSR count). The maximum absolute atomic E-state index is 13.5. The molecule has 0 amide bonds. The fourth-order valence-corrected chi connectivity index (χ4v) is 2.01. The van der Waals surface area contributed by atoms with Gasteiger partial charge >= 0.3 is 0 Å². The number of nitrogens with two attached hydrogens (primary N) is 1. The average Bonchev–Trinajstić information content (AvgIpc) is 2.48. The molecule has 5 heteroatoms. The molecule has 2 N–H and O–H groups in total. The second-order valence-electron chi connectivity index (χ2n) is 4.71. The van der Waals surface area contributed by atoms with Gasteiger partial charge in [-0.2, -0.15) is 4.39 Å². The number of benzene rings is 2. The van der Waals surface area contributed by atoms with Crippen LogP contribution in [0, 0.1) is 18.6 Å². The molecule has 0 radical (unpaired) electrons. The molecule has 2 aromatic rings. The molecule has 0 fully saturated rings. The summed E-state index contributed by atoms with van der Waals surface area (Å²) >= 11 is 0. The molecule has 0 saturated heterocycles. The number of rotatable bonds is 5. The van der Waals surface area contributed by atoms with Gasteiger partial charge in [0.05, 0.1) is 13.2 Å². The average molecular weight is 293 g/mol. The molecule has 0 aliphatic rings. The first-order valence-corrected chi connectivity index (χ1v) is 6.50. The van der Waals surface area contributed by atoms with Crippen LogP contribution in [0.3, 0.4) is 0 Å². The maximum atomic E-state index is 13.5. The van der Waals surface area contributed by atoms with Crippen LogP contribution in [-0.2, 0) is 0 Å². The third-order valence-corrected chi connectivity index (χ3v) is 3.12. The molecular weight excluding hydrogens is 276 g/mol. The van der Waals surface area contributed by atoms with Gasteiger partial charge in [-0.3, -0.25) is 0 Å². The van der Waals surface area contributed by atoms with E-state index in [4.69, 9.17) is 15.2 Å². The van der Waals surface area contributed by atoms with E-state index in [0.717, 1.165) is 17.2 Å². The molecule has 2 aromatic carbocycles. The van der Waals surface area contributed by atoms with E-state index in [1.54, 1.807) is 7.11 Å². The first-order valence-electron chi connectivity index (χ1n) is 6.50. The summed E-state index contributed by atoms with van der Waals surface area (Å²) in [5.74, 6) is -1.48. The summed E-state index contributed by atoms with van der Waals surface area (Å²) in [5, 5.41) is 0. The van der Waals surface area contributed by atoms with Crippen LogP contribution < -0.4 is 15.2 Å². The molecule has 0 aliphatic carbocycles. The zero-order valence-electron chi connectivity index (χ0n) is 11.9. The molecule has 3 nitrogen and oxygen atoms in total. The Balaban J connectivity index is 2.13. The monoisotopic (exact) mass is 293 g/mol. The van der Waals surface area contributed by atoms with E-state index in [2.05, 4.69) is 0 Å². The summed E-state index contributed by atoms with van der Waals surface area (Å²) in [4.78, 5) is 0. The second kappa shape index (κ2) is 6.54. The van der Waals surface area contributed by atoms with E-state index in [1.165, 1.54) is 12.1 Å². The summed E-state index contributed by atoms with van der Waals surface area (Å²) in [7, 11) is 1.55. The highest BCUT2D eigenvalue weighted by Gasteiger charge is 2.15. The van der Waals surface area contributed by atoms with Crippen LogP contribution in [0.1, 0.15) is 17.2 Å². The number of hydrogen-bond donors (Lipinski definition) is 1. The van der Waals surface area contributed by atoms with Gasteiger partial charge in [-0.05, 0) is 25.1 Å². The summed E-state index contributed by atoms with van der Waals surface area (Å²) in [5.41, 5.74) is 7.84. The van der Waals surface area contributed by atoms with Gasteiger partial charge in [0.1, 0.15) is 12.4 Å². The third kappa shape index (κ3) is 3.49. The highest BCUT2D eigenvalue weighted by atomic mass is 19.2. The van der Waals surface area contributed by atoms with E-state index in [1.807, 2.05) is 25.1 Å². The lowest BCUT2D eigenvalue weighted by Gasteiger charge is -2.17. The zero-order chi connectivity index (χ0) is 15.4. The van der Waals surface area contributed by atoms with E-state index < -0.39 is 17.7 Å². The summed E-state index contributed by atoms with van der Waals surface area (Å²) in [6, 6.07) is 8.86. The fraction of sp³-hybridized carbons (Fsp3) is 0.250. The van der Waals surface area contributed by atoms with Crippen molar-refractivity contribution in [2.75, 3.05) is 13.7 Å². The van der Waals surface area contributed by atoms with Crippen molar-refractivity contribution >= 4 is 0 Å². The number of halogens is 2. The molecule has 0 aromatic heterocycles. The van der Waals surface area contributed by atoms with Crippen molar-refractivity contribution in [1.29, 1.82) is 0 Å². The van der Waals surface area contributed by atoms with Crippen LogP contribution in [-0.4, -0.2) is 13.7 Å². The van der Waals surface area contributed by atoms with Crippen LogP contribution in [0.4, 0.5) is 8.78 Å². The Bertz CT molecular complexity index is 632. The lowest BCUT2D eigenvalue weighted by molar-refractivity contribution is 0.269. The first-order chi connectivity index (χ1) is 10.0. The second-order valence-corrected chi connectivity index (χ2v) is 4.71. The van der Waals surface area contributed by atoms with Gasteiger partial charge in [-0.1, -0.05) is 23.8 Å². The van der Waals surface area contributed by atoms with Crippen molar-refractivity contribution in [2.45, 2.75) is 13.0 Å². The number of ether oxygens (including phenoxy) is 2. The molecule has 1 unspecified atom stereocenters. The minimum Gasteiger partial charge on any atom is -0.496 e. The van der Waals surface area contributed by atoms with Gasteiger partial charge in [0, 0.05) is 5.56 Å². The first kappa shape index (κ1) is 15.3. The van der Waals surface area contributed by atoms with E-state index in [0.29, 0.717) is 5.75 Å². The Labute approximate surface area is 122 Å². The van der Waals surface area contributed by atoms with Crippen LogP contribution in [0.5, 0.6) is 11.5 Å². The smallest absolute Gasteiger partial charge is 0.200 e. The van der Waals surface area contributed by atoms with Crippen LogP contribution in [0.25, 0.3) is 0 Å². The number of methoxy groups -OCH3 is 1. The van der Waals surface area contributed by atoms with Crippen molar-refractivity contribution in [3.8, 4) is 11.5 Å². The minimum atomic E-state index is -1.01. The van der Waals surface area contributed by atoms with Gasteiger partial charge in [-0.25, -0.2) is 4.39 Å². The SMILES string of the molecule is COc1ccc(C)cc1C(N)COc1cccc(F)c1F. The molecule has 1 atom stereocenters.